The molecular formula is C11H16N2O2. The van der Waals surface area contributed by atoms with E-state index in [9.17, 15) is 9.90 Å². The molecule has 1 atom stereocenters. The van der Waals surface area contributed by atoms with Crippen LogP contribution in [0.5, 0.6) is 0 Å². The summed E-state index contributed by atoms with van der Waals surface area (Å²) in [4.78, 5) is 15.0. The summed E-state index contributed by atoms with van der Waals surface area (Å²) in [7, 11) is 0. The van der Waals surface area contributed by atoms with Crippen LogP contribution in [-0.4, -0.2) is 20.8 Å². The smallest absolute Gasteiger partial charge is 0.347 e. The van der Waals surface area contributed by atoms with Gasteiger partial charge in [0.15, 0.2) is 0 Å². The summed E-state index contributed by atoms with van der Waals surface area (Å²) in [6, 6.07) is 1.71. The first-order chi connectivity index (χ1) is 7.27. The van der Waals surface area contributed by atoms with Gasteiger partial charge in [-0.05, 0) is 24.8 Å². The van der Waals surface area contributed by atoms with E-state index in [0.29, 0.717) is 12.5 Å². The molecule has 1 aliphatic rings. The lowest BCUT2D eigenvalue weighted by Crippen LogP contribution is -2.31. The maximum atomic E-state index is 11.3. The lowest BCUT2D eigenvalue weighted by atomic mass is 10.0. The Morgan fingerprint density at radius 1 is 1.53 bits per heavy atom. The van der Waals surface area contributed by atoms with Crippen molar-refractivity contribution in [1.82, 2.24) is 9.55 Å². The van der Waals surface area contributed by atoms with E-state index in [1.165, 1.54) is 23.6 Å². The highest BCUT2D eigenvalue weighted by atomic mass is 16.3. The predicted molar refractivity (Wildman–Crippen MR) is 56.5 cm³/mol. The summed E-state index contributed by atoms with van der Waals surface area (Å²) >= 11 is 0. The molecule has 1 aliphatic carbocycles. The van der Waals surface area contributed by atoms with Gasteiger partial charge in [0.25, 0.3) is 0 Å². The average Bonchev–Trinajstić information content (AvgIpc) is 2.74. The molecule has 0 bridgehead atoms. The fourth-order valence-corrected chi connectivity index (χ4v) is 2.22. The third kappa shape index (κ3) is 2.45. The van der Waals surface area contributed by atoms with Crippen LogP contribution in [0.4, 0.5) is 0 Å². The summed E-state index contributed by atoms with van der Waals surface area (Å²) < 4.78 is 1.48. The zero-order chi connectivity index (χ0) is 10.7. The first kappa shape index (κ1) is 10.4. The van der Waals surface area contributed by atoms with E-state index in [1.54, 1.807) is 12.3 Å². The van der Waals surface area contributed by atoms with Crippen molar-refractivity contribution >= 4 is 0 Å². The Morgan fingerprint density at radius 2 is 2.27 bits per heavy atom. The molecule has 1 fully saturated rings. The first-order valence-electron chi connectivity index (χ1n) is 5.47. The van der Waals surface area contributed by atoms with Crippen LogP contribution < -0.4 is 5.69 Å². The monoisotopic (exact) mass is 208 g/mol. The van der Waals surface area contributed by atoms with Gasteiger partial charge in [0.1, 0.15) is 0 Å². The molecule has 0 aromatic carbocycles. The Labute approximate surface area is 88.6 Å². The molecule has 4 nitrogen and oxygen atoms in total. The zero-order valence-corrected chi connectivity index (χ0v) is 8.67. The van der Waals surface area contributed by atoms with Gasteiger partial charge >= 0.3 is 5.69 Å². The van der Waals surface area contributed by atoms with Crippen molar-refractivity contribution in [2.24, 2.45) is 5.92 Å². The third-order valence-electron chi connectivity index (χ3n) is 3.11. The molecule has 0 amide bonds. The molecule has 15 heavy (non-hydrogen) atoms. The number of aromatic nitrogens is 2. The second kappa shape index (κ2) is 4.57. The van der Waals surface area contributed by atoms with Gasteiger partial charge in [0.05, 0.1) is 12.6 Å². The predicted octanol–water partition coefficient (Wildman–Crippen LogP) is 0.794. The lowest BCUT2D eigenvalue weighted by molar-refractivity contribution is 0.0916. The summed E-state index contributed by atoms with van der Waals surface area (Å²) in [5, 5.41) is 9.94. The summed E-state index contributed by atoms with van der Waals surface area (Å²) in [6.07, 6.45) is 7.29. The van der Waals surface area contributed by atoms with E-state index in [4.69, 9.17) is 0 Å². The van der Waals surface area contributed by atoms with Crippen LogP contribution in [0, 0.1) is 5.92 Å². The van der Waals surface area contributed by atoms with Crippen molar-refractivity contribution in [3.63, 3.8) is 0 Å². The Kier molecular flexibility index (Phi) is 3.16. The molecule has 0 saturated heterocycles. The Morgan fingerprint density at radius 3 is 2.93 bits per heavy atom. The minimum atomic E-state index is -0.408. The second-order valence-electron chi connectivity index (χ2n) is 4.17. The van der Waals surface area contributed by atoms with Gasteiger partial charge in [-0.15, -0.1) is 0 Å². The third-order valence-corrected chi connectivity index (χ3v) is 3.11. The number of aliphatic hydroxyl groups excluding tert-OH is 1. The average molecular weight is 208 g/mol. The van der Waals surface area contributed by atoms with E-state index >= 15 is 0 Å². The standard InChI is InChI=1S/C11H16N2O2/c14-10(9-4-1-2-5-9)8-13-7-3-6-12-11(13)15/h3,6-7,9-10,14H,1-2,4-5,8H2. The normalized spacial score (nSPS) is 19.3. The maximum absolute atomic E-state index is 11.3. The van der Waals surface area contributed by atoms with Gasteiger partial charge < -0.3 is 5.11 Å². The molecule has 1 unspecified atom stereocenters. The molecule has 1 aromatic heterocycles. The quantitative estimate of drug-likeness (QED) is 0.799. The number of hydrogen-bond acceptors (Lipinski definition) is 3. The molecule has 0 aliphatic heterocycles. The van der Waals surface area contributed by atoms with E-state index in [1.807, 2.05) is 0 Å². The highest BCUT2D eigenvalue weighted by molar-refractivity contribution is 4.83. The number of aliphatic hydroxyl groups is 1. The Bertz CT molecular complexity index is 369. The van der Waals surface area contributed by atoms with Crippen LogP contribution in [-0.2, 0) is 6.54 Å². The number of nitrogens with zero attached hydrogens (tertiary/aromatic N) is 2. The molecule has 0 radical (unpaired) electrons. The number of rotatable bonds is 3. The van der Waals surface area contributed by atoms with E-state index in [0.717, 1.165) is 12.8 Å². The van der Waals surface area contributed by atoms with Crippen LogP contribution in [0.1, 0.15) is 25.7 Å². The first-order valence-corrected chi connectivity index (χ1v) is 5.47. The highest BCUT2D eigenvalue weighted by Crippen LogP contribution is 2.28. The second-order valence-corrected chi connectivity index (χ2v) is 4.17. The van der Waals surface area contributed by atoms with Crippen LogP contribution in [0.3, 0.4) is 0 Å². The Hall–Kier alpha value is -1.16. The van der Waals surface area contributed by atoms with Crippen LogP contribution in [0.2, 0.25) is 0 Å². The maximum Gasteiger partial charge on any atom is 0.347 e. The van der Waals surface area contributed by atoms with Crippen molar-refractivity contribution in [1.29, 1.82) is 0 Å². The molecule has 1 heterocycles. The molecule has 2 rings (SSSR count). The molecule has 0 spiro atoms. The molecule has 1 N–H and O–H groups in total. The largest absolute Gasteiger partial charge is 0.391 e. The van der Waals surface area contributed by atoms with Gasteiger partial charge in [-0.25, -0.2) is 9.78 Å². The number of hydrogen-bond donors (Lipinski definition) is 1. The molecule has 1 saturated carbocycles. The van der Waals surface area contributed by atoms with Crippen LogP contribution in [0.25, 0.3) is 0 Å². The molecule has 4 heteroatoms. The fourth-order valence-electron chi connectivity index (χ4n) is 2.22. The van der Waals surface area contributed by atoms with Crippen LogP contribution >= 0.6 is 0 Å². The SMILES string of the molecule is O=c1ncccn1CC(O)C1CCCC1. The van der Waals surface area contributed by atoms with Gasteiger partial charge in [-0.3, -0.25) is 4.57 Å². The molecule has 1 aromatic rings. The van der Waals surface area contributed by atoms with Gasteiger partial charge in [-0.1, -0.05) is 12.8 Å². The van der Waals surface area contributed by atoms with E-state index in [2.05, 4.69) is 4.98 Å². The lowest BCUT2D eigenvalue weighted by Gasteiger charge is -2.18. The van der Waals surface area contributed by atoms with Gasteiger partial charge in [-0.2, -0.15) is 0 Å². The van der Waals surface area contributed by atoms with Gasteiger partial charge in [0.2, 0.25) is 0 Å². The van der Waals surface area contributed by atoms with Crippen molar-refractivity contribution in [2.45, 2.75) is 38.3 Å². The van der Waals surface area contributed by atoms with Crippen molar-refractivity contribution in [3.8, 4) is 0 Å². The minimum Gasteiger partial charge on any atom is -0.391 e. The summed E-state index contributed by atoms with van der Waals surface area (Å²) in [5.41, 5.74) is -0.283. The van der Waals surface area contributed by atoms with E-state index < -0.39 is 6.10 Å². The summed E-state index contributed by atoms with van der Waals surface area (Å²) in [5.74, 6) is 0.358. The van der Waals surface area contributed by atoms with Crippen molar-refractivity contribution in [2.75, 3.05) is 0 Å². The Balaban J connectivity index is 2.02. The molecule has 82 valence electrons. The topological polar surface area (TPSA) is 55.1 Å². The van der Waals surface area contributed by atoms with Crippen molar-refractivity contribution in [3.05, 3.63) is 28.9 Å². The highest BCUT2D eigenvalue weighted by Gasteiger charge is 2.23. The zero-order valence-electron chi connectivity index (χ0n) is 8.67. The van der Waals surface area contributed by atoms with Crippen molar-refractivity contribution < 1.29 is 5.11 Å². The summed E-state index contributed by atoms with van der Waals surface area (Å²) in [6.45, 7) is 0.372. The minimum absolute atomic E-state index is 0.283. The van der Waals surface area contributed by atoms with Gasteiger partial charge in [0, 0.05) is 12.4 Å². The molecular weight excluding hydrogens is 192 g/mol. The van der Waals surface area contributed by atoms with E-state index in [-0.39, 0.29) is 5.69 Å². The fraction of sp³-hybridized carbons (Fsp3) is 0.636. The van der Waals surface area contributed by atoms with Crippen LogP contribution in [0.15, 0.2) is 23.3 Å².